The van der Waals surface area contributed by atoms with Gasteiger partial charge in [0.15, 0.2) is 0 Å². The number of benzene rings is 1. The molecule has 4 rings (SSSR count). The molecule has 3 aliphatic heterocycles. The minimum absolute atomic E-state index is 0.0406. The fraction of sp³-hybridized carbons (Fsp3) is 0.600. The molecule has 1 aromatic carbocycles. The highest BCUT2D eigenvalue weighted by atomic mass is 32.2. The summed E-state index contributed by atoms with van der Waals surface area (Å²) in [4.78, 5) is 0.409. The Labute approximate surface area is 121 Å². The van der Waals surface area contributed by atoms with Crippen LogP contribution in [-0.4, -0.2) is 37.9 Å². The first-order valence-corrected chi connectivity index (χ1v) is 8.57. The zero-order chi connectivity index (χ0) is 14.5. The number of rotatable bonds is 2. The second-order valence-corrected chi connectivity index (χ2v) is 8.83. The number of piperidine rings is 1. The Morgan fingerprint density at radius 3 is 2.05 bits per heavy atom. The third kappa shape index (κ3) is 2.38. The van der Waals surface area contributed by atoms with Gasteiger partial charge in [-0.1, -0.05) is 32.9 Å². The van der Waals surface area contributed by atoms with Crippen LogP contribution >= 0.6 is 0 Å². The highest BCUT2D eigenvalue weighted by Crippen LogP contribution is 2.28. The van der Waals surface area contributed by atoms with Crippen LogP contribution in [0.25, 0.3) is 0 Å². The molecular weight excluding hydrogens is 272 g/mol. The Hall–Kier alpha value is -0.910. The van der Waals surface area contributed by atoms with Crippen molar-refractivity contribution in [2.45, 2.75) is 49.6 Å². The Balaban J connectivity index is 1.84. The summed E-state index contributed by atoms with van der Waals surface area (Å²) in [6.45, 7) is 7.57. The lowest BCUT2D eigenvalue weighted by atomic mass is 9.87. The van der Waals surface area contributed by atoms with Gasteiger partial charge in [-0.3, -0.25) is 0 Å². The van der Waals surface area contributed by atoms with E-state index in [9.17, 15) is 8.42 Å². The van der Waals surface area contributed by atoms with Gasteiger partial charge in [-0.05, 0) is 29.5 Å². The summed E-state index contributed by atoms with van der Waals surface area (Å²) in [5.41, 5.74) is 1.19. The quantitative estimate of drug-likeness (QED) is 0.903. The van der Waals surface area contributed by atoms with Gasteiger partial charge in [0.05, 0.1) is 4.90 Å². The molecule has 3 fully saturated rings. The molecule has 110 valence electrons. The fourth-order valence-electron chi connectivity index (χ4n) is 2.95. The summed E-state index contributed by atoms with van der Waals surface area (Å²) >= 11 is 0. The first-order chi connectivity index (χ1) is 9.27. The largest absolute Gasteiger partial charge is 0.308 e. The maximum absolute atomic E-state index is 12.6. The molecule has 4 nitrogen and oxygen atoms in total. The molecule has 3 heterocycles. The van der Waals surface area contributed by atoms with Crippen molar-refractivity contribution in [3.8, 4) is 0 Å². The van der Waals surface area contributed by atoms with Gasteiger partial charge in [-0.15, -0.1) is 0 Å². The van der Waals surface area contributed by atoms with Crippen LogP contribution in [0.4, 0.5) is 0 Å². The predicted octanol–water partition coefficient (Wildman–Crippen LogP) is 1.72. The van der Waals surface area contributed by atoms with Gasteiger partial charge in [-0.25, -0.2) is 8.42 Å². The maximum atomic E-state index is 12.6. The number of nitrogens with one attached hydrogen (secondary N) is 1. The summed E-state index contributed by atoms with van der Waals surface area (Å²) < 4.78 is 26.8. The number of hydrogen-bond acceptors (Lipinski definition) is 3. The molecule has 3 saturated heterocycles. The van der Waals surface area contributed by atoms with E-state index in [4.69, 9.17) is 0 Å². The molecule has 0 radical (unpaired) electrons. The summed E-state index contributed by atoms with van der Waals surface area (Å²) in [6, 6.07) is 8.02. The molecule has 2 unspecified atom stereocenters. The summed E-state index contributed by atoms with van der Waals surface area (Å²) in [6.07, 6.45) is 1.11. The van der Waals surface area contributed by atoms with E-state index >= 15 is 0 Å². The smallest absolute Gasteiger partial charge is 0.243 e. The lowest BCUT2D eigenvalue weighted by Gasteiger charge is -2.47. The van der Waals surface area contributed by atoms with Crippen molar-refractivity contribution < 1.29 is 8.42 Å². The normalized spacial score (nSPS) is 27.1. The standard InChI is InChI=1S/C15H22N2O2S/c1-15(2,3)11-4-6-14(7-5-11)20(18,19)17-9-12-8-13(10-17)16-12/h4-7,12-13,16H,8-10H2,1-3H3. The number of hydrogen-bond donors (Lipinski definition) is 1. The van der Waals surface area contributed by atoms with Crippen LogP contribution in [-0.2, 0) is 15.4 Å². The molecule has 0 saturated carbocycles. The Kier molecular flexibility index (Phi) is 3.19. The van der Waals surface area contributed by atoms with Gasteiger partial charge >= 0.3 is 0 Å². The highest BCUT2D eigenvalue weighted by molar-refractivity contribution is 7.89. The lowest BCUT2D eigenvalue weighted by molar-refractivity contribution is 0.136. The van der Waals surface area contributed by atoms with Crippen molar-refractivity contribution in [2.24, 2.45) is 0 Å². The van der Waals surface area contributed by atoms with E-state index in [1.165, 1.54) is 0 Å². The van der Waals surface area contributed by atoms with Gasteiger partial charge in [0.2, 0.25) is 10.0 Å². The minimum Gasteiger partial charge on any atom is -0.308 e. The van der Waals surface area contributed by atoms with Crippen LogP contribution in [0.3, 0.4) is 0 Å². The summed E-state index contributed by atoms with van der Waals surface area (Å²) in [5, 5.41) is 3.36. The molecular formula is C15H22N2O2S. The van der Waals surface area contributed by atoms with E-state index < -0.39 is 10.0 Å². The van der Waals surface area contributed by atoms with Crippen LogP contribution < -0.4 is 5.32 Å². The second-order valence-electron chi connectivity index (χ2n) is 6.89. The third-order valence-corrected chi connectivity index (χ3v) is 6.09. The first-order valence-electron chi connectivity index (χ1n) is 7.13. The van der Waals surface area contributed by atoms with Gasteiger partial charge in [0, 0.05) is 25.2 Å². The topological polar surface area (TPSA) is 49.4 Å². The molecule has 1 N–H and O–H groups in total. The molecule has 20 heavy (non-hydrogen) atoms. The number of sulfonamides is 1. The van der Waals surface area contributed by atoms with Crippen LogP contribution in [0.5, 0.6) is 0 Å². The fourth-order valence-corrected chi connectivity index (χ4v) is 4.48. The second kappa shape index (κ2) is 4.55. The monoisotopic (exact) mass is 294 g/mol. The van der Waals surface area contributed by atoms with E-state index in [-0.39, 0.29) is 5.41 Å². The highest BCUT2D eigenvalue weighted by Gasteiger charge is 2.41. The van der Waals surface area contributed by atoms with Gasteiger partial charge in [0.1, 0.15) is 0 Å². The van der Waals surface area contributed by atoms with Gasteiger partial charge in [0.25, 0.3) is 0 Å². The average Bonchev–Trinajstić information content (AvgIpc) is 2.37. The molecule has 1 aromatic rings. The molecule has 0 amide bonds. The minimum atomic E-state index is -3.33. The predicted molar refractivity (Wildman–Crippen MR) is 79.2 cm³/mol. The Morgan fingerprint density at radius 2 is 1.60 bits per heavy atom. The van der Waals surface area contributed by atoms with Crippen molar-refractivity contribution in [3.05, 3.63) is 29.8 Å². The number of piperazine rings is 1. The Bertz CT molecular complexity index is 586. The molecule has 2 atom stereocenters. The van der Waals surface area contributed by atoms with Crippen molar-refractivity contribution in [2.75, 3.05) is 13.1 Å². The number of nitrogens with zero attached hydrogens (tertiary/aromatic N) is 1. The van der Waals surface area contributed by atoms with Crippen LogP contribution in [0.1, 0.15) is 32.8 Å². The van der Waals surface area contributed by atoms with Gasteiger partial charge in [-0.2, -0.15) is 4.31 Å². The third-order valence-electron chi connectivity index (χ3n) is 4.25. The zero-order valence-electron chi connectivity index (χ0n) is 12.3. The first kappa shape index (κ1) is 14.0. The molecule has 0 aliphatic carbocycles. The van der Waals surface area contributed by atoms with E-state index in [0.717, 1.165) is 12.0 Å². The van der Waals surface area contributed by atoms with E-state index in [0.29, 0.717) is 30.1 Å². The van der Waals surface area contributed by atoms with Crippen LogP contribution in [0.15, 0.2) is 29.2 Å². The van der Waals surface area contributed by atoms with Crippen molar-refractivity contribution in [1.29, 1.82) is 0 Å². The van der Waals surface area contributed by atoms with E-state index in [2.05, 4.69) is 26.1 Å². The maximum Gasteiger partial charge on any atom is 0.243 e. The lowest BCUT2D eigenvalue weighted by Crippen LogP contribution is -2.67. The zero-order valence-corrected chi connectivity index (χ0v) is 13.1. The summed E-state index contributed by atoms with van der Waals surface area (Å²) in [5.74, 6) is 0. The van der Waals surface area contributed by atoms with Gasteiger partial charge < -0.3 is 5.32 Å². The van der Waals surface area contributed by atoms with E-state index in [1.807, 2.05) is 12.1 Å². The molecule has 0 spiro atoms. The van der Waals surface area contributed by atoms with Crippen LogP contribution in [0.2, 0.25) is 0 Å². The molecule has 2 bridgehead atoms. The molecule has 3 aliphatic rings. The van der Waals surface area contributed by atoms with Crippen molar-refractivity contribution >= 4 is 10.0 Å². The summed E-state index contributed by atoms with van der Waals surface area (Å²) in [7, 11) is -3.33. The average molecular weight is 294 g/mol. The molecule has 5 heteroatoms. The number of fused-ring (bicyclic) bond motifs is 2. The molecule has 0 aromatic heterocycles. The van der Waals surface area contributed by atoms with Crippen LogP contribution in [0, 0.1) is 0 Å². The van der Waals surface area contributed by atoms with Crippen molar-refractivity contribution in [3.63, 3.8) is 0 Å². The SMILES string of the molecule is CC(C)(C)c1ccc(S(=O)(=O)N2CC3CC(C2)N3)cc1. The van der Waals surface area contributed by atoms with Crippen molar-refractivity contribution in [1.82, 2.24) is 9.62 Å². The van der Waals surface area contributed by atoms with E-state index in [1.54, 1.807) is 16.4 Å². The Morgan fingerprint density at radius 1 is 1.10 bits per heavy atom.